The summed E-state index contributed by atoms with van der Waals surface area (Å²) in [6, 6.07) is 0. The summed E-state index contributed by atoms with van der Waals surface area (Å²) in [5.74, 6) is -0.206. The van der Waals surface area contributed by atoms with Gasteiger partial charge in [0.1, 0.15) is 0 Å². The van der Waals surface area contributed by atoms with Crippen molar-refractivity contribution in [1.82, 2.24) is 10.2 Å². The van der Waals surface area contributed by atoms with Crippen LogP contribution >= 0.6 is 12.4 Å². The Bertz CT molecular complexity index is 233. The maximum atomic E-state index is 12.1. The van der Waals surface area contributed by atoms with Crippen molar-refractivity contribution in [1.29, 1.82) is 0 Å². The topological polar surface area (TPSA) is 32.3 Å². The van der Waals surface area contributed by atoms with Crippen molar-refractivity contribution in [2.45, 2.75) is 38.2 Å². The minimum absolute atomic E-state index is 0. The number of rotatable bonds is 4. The zero-order chi connectivity index (χ0) is 11.5. The Kier molecular flexibility index (Phi) is 6.18. The molecular weight excluding hydrogens is 238 g/mol. The first kappa shape index (κ1) is 15.6. The van der Waals surface area contributed by atoms with Gasteiger partial charge in [0, 0.05) is 7.05 Å². The molecule has 1 saturated heterocycles. The molecule has 1 unspecified atom stereocenters. The van der Waals surface area contributed by atoms with E-state index in [1.807, 2.05) is 6.92 Å². The molecule has 16 heavy (non-hydrogen) atoms. The lowest BCUT2D eigenvalue weighted by molar-refractivity contribution is -0.138. The van der Waals surface area contributed by atoms with Crippen molar-refractivity contribution >= 4 is 18.3 Å². The van der Waals surface area contributed by atoms with E-state index >= 15 is 0 Å². The van der Waals surface area contributed by atoms with Crippen LogP contribution < -0.4 is 5.32 Å². The van der Waals surface area contributed by atoms with Gasteiger partial charge >= 0.3 is 0 Å². The average molecular weight is 257 g/mol. The van der Waals surface area contributed by atoms with E-state index < -0.39 is 18.5 Å². The summed E-state index contributed by atoms with van der Waals surface area (Å²) in [4.78, 5) is 13.1. The summed E-state index contributed by atoms with van der Waals surface area (Å²) in [7, 11) is 1.44. The molecule has 0 saturated carbocycles. The Labute approximate surface area is 101 Å². The van der Waals surface area contributed by atoms with Crippen LogP contribution in [0.3, 0.4) is 0 Å². The van der Waals surface area contributed by atoms with Crippen LogP contribution in [0, 0.1) is 0 Å². The minimum Gasteiger partial charge on any atom is -0.338 e. The van der Waals surface area contributed by atoms with E-state index in [-0.39, 0.29) is 18.3 Å². The summed E-state index contributed by atoms with van der Waals surface area (Å²) >= 11 is 0. The number of nitrogens with one attached hydrogen (secondary N) is 1. The molecule has 1 rings (SSSR count). The summed E-state index contributed by atoms with van der Waals surface area (Å²) < 4.78 is 24.3. The maximum Gasteiger partial charge on any atom is 0.255 e. The van der Waals surface area contributed by atoms with Crippen LogP contribution in [0.5, 0.6) is 0 Å². The first-order chi connectivity index (χ1) is 7.02. The van der Waals surface area contributed by atoms with Gasteiger partial charge in [-0.05, 0) is 25.8 Å². The molecule has 1 aliphatic rings. The van der Waals surface area contributed by atoms with Crippen LogP contribution in [0.2, 0.25) is 0 Å². The highest BCUT2D eigenvalue weighted by atomic mass is 35.5. The van der Waals surface area contributed by atoms with Gasteiger partial charge in [-0.3, -0.25) is 4.79 Å². The van der Waals surface area contributed by atoms with Crippen LogP contribution in [0.25, 0.3) is 0 Å². The quantitative estimate of drug-likeness (QED) is 0.830. The maximum absolute atomic E-state index is 12.1. The third kappa shape index (κ3) is 3.28. The zero-order valence-corrected chi connectivity index (χ0v) is 10.4. The van der Waals surface area contributed by atoms with Crippen LogP contribution in [-0.2, 0) is 4.79 Å². The van der Waals surface area contributed by atoms with E-state index in [2.05, 4.69) is 5.32 Å². The highest BCUT2D eigenvalue weighted by Gasteiger charge is 2.41. The second-order valence-electron chi connectivity index (χ2n) is 4.04. The Morgan fingerprint density at radius 1 is 1.56 bits per heavy atom. The van der Waals surface area contributed by atoms with Crippen molar-refractivity contribution in [2.24, 2.45) is 0 Å². The molecule has 1 aliphatic heterocycles. The van der Waals surface area contributed by atoms with Gasteiger partial charge in [0.2, 0.25) is 5.91 Å². The predicted molar refractivity (Wildman–Crippen MR) is 61.1 cm³/mol. The number of nitrogens with zero attached hydrogens (tertiary/aromatic N) is 1. The average Bonchev–Trinajstić information content (AvgIpc) is 2.65. The van der Waals surface area contributed by atoms with Crippen LogP contribution in [-0.4, -0.2) is 42.9 Å². The van der Waals surface area contributed by atoms with Gasteiger partial charge < -0.3 is 10.2 Å². The fraction of sp³-hybridized carbons (Fsp3) is 0.900. The molecule has 0 radical (unpaired) electrons. The third-order valence-corrected chi connectivity index (χ3v) is 3.02. The molecule has 1 amide bonds. The fourth-order valence-corrected chi connectivity index (χ4v) is 2.10. The summed E-state index contributed by atoms with van der Waals surface area (Å²) in [6.45, 7) is 2.22. The monoisotopic (exact) mass is 256 g/mol. The molecular formula is C10H19ClF2N2O. The van der Waals surface area contributed by atoms with Gasteiger partial charge in [-0.15, -0.1) is 12.4 Å². The molecule has 0 bridgehead atoms. The van der Waals surface area contributed by atoms with Crippen molar-refractivity contribution in [3.8, 4) is 0 Å². The number of likely N-dealkylation sites (N-methyl/N-ethyl adjacent to an activating group) is 1. The van der Waals surface area contributed by atoms with E-state index in [0.717, 1.165) is 24.3 Å². The van der Waals surface area contributed by atoms with E-state index in [9.17, 15) is 13.6 Å². The first-order valence-electron chi connectivity index (χ1n) is 5.30. The molecule has 0 aromatic carbocycles. The number of carbonyl (C=O) groups is 1. The normalized spacial score (nSPS) is 24.3. The van der Waals surface area contributed by atoms with Crippen molar-refractivity contribution in [3.63, 3.8) is 0 Å². The first-order valence-corrected chi connectivity index (χ1v) is 5.30. The molecule has 0 spiro atoms. The van der Waals surface area contributed by atoms with Gasteiger partial charge in [-0.25, -0.2) is 8.78 Å². The van der Waals surface area contributed by atoms with Gasteiger partial charge in [-0.2, -0.15) is 0 Å². The summed E-state index contributed by atoms with van der Waals surface area (Å²) in [5.41, 5.74) is -0.594. The largest absolute Gasteiger partial charge is 0.338 e. The SMILES string of the molecule is CCC1(C(=O)N(C)CC(F)F)CCCN1.Cl. The number of amides is 1. The Balaban J connectivity index is 0.00000225. The summed E-state index contributed by atoms with van der Waals surface area (Å²) in [6.07, 6.45) is -0.133. The lowest BCUT2D eigenvalue weighted by atomic mass is 9.92. The smallest absolute Gasteiger partial charge is 0.255 e. The van der Waals surface area contributed by atoms with Crippen LogP contribution in [0.4, 0.5) is 8.78 Å². The Morgan fingerprint density at radius 3 is 2.56 bits per heavy atom. The number of hydrogen-bond donors (Lipinski definition) is 1. The predicted octanol–water partition coefficient (Wildman–Crippen LogP) is 1.66. The van der Waals surface area contributed by atoms with E-state index in [4.69, 9.17) is 0 Å². The van der Waals surface area contributed by atoms with Crippen molar-refractivity contribution in [2.75, 3.05) is 20.1 Å². The Hall–Kier alpha value is -0.420. The molecule has 0 aliphatic carbocycles. The summed E-state index contributed by atoms with van der Waals surface area (Å²) in [5, 5.41) is 3.14. The van der Waals surface area contributed by atoms with E-state index in [1.54, 1.807) is 0 Å². The van der Waals surface area contributed by atoms with Gasteiger partial charge in [0.05, 0.1) is 12.1 Å². The second kappa shape index (κ2) is 6.35. The van der Waals surface area contributed by atoms with Crippen LogP contribution in [0.15, 0.2) is 0 Å². The third-order valence-electron chi connectivity index (χ3n) is 3.02. The molecule has 1 atom stereocenters. The van der Waals surface area contributed by atoms with Crippen molar-refractivity contribution < 1.29 is 13.6 Å². The Morgan fingerprint density at radius 2 is 2.19 bits per heavy atom. The highest BCUT2D eigenvalue weighted by Crippen LogP contribution is 2.25. The highest BCUT2D eigenvalue weighted by molar-refractivity contribution is 5.86. The molecule has 0 aromatic rings. The fourth-order valence-electron chi connectivity index (χ4n) is 2.10. The lowest BCUT2D eigenvalue weighted by Gasteiger charge is -2.31. The van der Waals surface area contributed by atoms with E-state index in [0.29, 0.717) is 6.42 Å². The lowest BCUT2D eigenvalue weighted by Crippen LogP contribution is -2.54. The molecule has 1 fully saturated rings. The number of carbonyl (C=O) groups excluding carboxylic acids is 1. The number of alkyl halides is 2. The van der Waals surface area contributed by atoms with Crippen molar-refractivity contribution in [3.05, 3.63) is 0 Å². The molecule has 1 heterocycles. The zero-order valence-electron chi connectivity index (χ0n) is 9.63. The number of halogens is 3. The standard InChI is InChI=1S/C10H18F2N2O.ClH/c1-3-10(5-4-6-13-10)9(15)14(2)7-8(11)12;/h8,13H,3-7H2,1-2H3;1H. The number of hydrogen-bond acceptors (Lipinski definition) is 2. The molecule has 1 N–H and O–H groups in total. The molecule has 96 valence electrons. The van der Waals surface area contributed by atoms with Gasteiger partial charge in [0.25, 0.3) is 6.43 Å². The van der Waals surface area contributed by atoms with Gasteiger partial charge in [-0.1, -0.05) is 6.92 Å². The molecule has 6 heteroatoms. The molecule has 3 nitrogen and oxygen atoms in total. The molecule has 0 aromatic heterocycles. The van der Waals surface area contributed by atoms with Gasteiger partial charge in [0.15, 0.2) is 0 Å². The minimum atomic E-state index is -2.46. The van der Waals surface area contributed by atoms with Crippen LogP contribution in [0.1, 0.15) is 26.2 Å². The van der Waals surface area contributed by atoms with E-state index in [1.165, 1.54) is 7.05 Å². The second-order valence-corrected chi connectivity index (χ2v) is 4.04.